The van der Waals surface area contributed by atoms with Crippen LogP contribution in [0.5, 0.6) is 0 Å². The van der Waals surface area contributed by atoms with E-state index in [9.17, 15) is 4.79 Å². The monoisotopic (exact) mass is 360 g/mol. The second kappa shape index (κ2) is 7.45. The summed E-state index contributed by atoms with van der Waals surface area (Å²) in [5.74, 6) is 0.912. The summed E-state index contributed by atoms with van der Waals surface area (Å²) in [5, 5.41) is 12.2. The molecule has 2 N–H and O–H groups in total. The summed E-state index contributed by atoms with van der Waals surface area (Å²) in [6.45, 7) is 1.21. The molecule has 6 nitrogen and oxygen atoms in total. The Morgan fingerprint density at radius 3 is 2.59 bits per heavy atom. The summed E-state index contributed by atoms with van der Waals surface area (Å²) in [6, 6.07) is 18.2. The number of rotatable bonds is 6. The van der Waals surface area contributed by atoms with E-state index in [2.05, 4.69) is 33.1 Å². The molecular weight excluding hydrogens is 340 g/mol. The molecule has 4 aromatic rings. The standard InChI is InChI=1S/C21H20N4O2/c26-21(27)22-12-6-7-13-25-19-16-10-4-5-11-17(16)23-14-18(19)24-20(25)15-8-2-1-3-9-15/h1-5,8-11,14,22H,6-7,12-13H2,(H,26,27). The molecule has 0 radical (unpaired) electrons. The van der Waals surface area contributed by atoms with Gasteiger partial charge < -0.3 is 15.0 Å². The summed E-state index contributed by atoms with van der Waals surface area (Å²) < 4.78 is 2.23. The number of benzene rings is 2. The number of hydrogen-bond acceptors (Lipinski definition) is 3. The van der Waals surface area contributed by atoms with Gasteiger partial charge in [-0.2, -0.15) is 0 Å². The Balaban J connectivity index is 1.77. The highest BCUT2D eigenvalue weighted by molar-refractivity contribution is 6.03. The average molecular weight is 360 g/mol. The molecule has 0 saturated carbocycles. The van der Waals surface area contributed by atoms with Crippen molar-refractivity contribution in [1.29, 1.82) is 0 Å². The van der Waals surface area contributed by atoms with Crippen LogP contribution in [-0.2, 0) is 6.54 Å². The lowest BCUT2D eigenvalue weighted by molar-refractivity contribution is 0.194. The Bertz CT molecular complexity index is 1090. The van der Waals surface area contributed by atoms with Crippen molar-refractivity contribution in [3.8, 4) is 11.4 Å². The number of imidazole rings is 1. The van der Waals surface area contributed by atoms with Crippen LogP contribution in [-0.4, -0.2) is 32.3 Å². The second-order valence-electron chi connectivity index (χ2n) is 6.40. The van der Waals surface area contributed by atoms with Crippen molar-refractivity contribution in [1.82, 2.24) is 19.9 Å². The molecule has 1 amide bonds. The predicted octanol–water partition coefficient (Wildman–Crippen LogP) is 4.30. The molecule has 6 heteroatoms. The topological polar surface area (TPSA) is 80.0 Å². The second-order valence-corrected chi connectivity index (χ2v) is 6.40. The Labute approximate surface area is 156 Å². The molecule has 0 bridgehead atoms. The van der Waals surface area contributed by atoms with Crippen molar-refractivity contribution in [2.75, 3.05) is 6.54 Å². The van der Waals surface area contributed by atoms with E-state index in [1.165, 1.54) is 0 Å². The van der Waals surface area contributed by atoms with Crippen molar-refractivity contribution in [2.24, 2.45) is 0 Å². The van der Waals surface area contributed by atoms with E-state index >= 15 is 0 Å². The predicted molar refractivity (Wildman–Crippen MR) is 106 cm³/mol. The summed E-state index contributed by atoms with van der Waals surface area (Å²) in [6.07, 6.45) is 2.46. The third-order valence-electron chi connectivity index (χ3n) is 4.60. The van der Waals surface area contributed by atoms with Gasteiger partial charge in [0.2, 0.25) is 0 Å². The van der Waals surface area contributed by atoms with Gasteiger partial charge in [-0.15, -0.1) is 0 Å². The van der Waals surface area contributed by atoms with Crippen LogP contribution in [0.1, 0.15) is 12.8 Å². The molecule has 2 aromatic carbocycles. The van der Waals surface area contributed by atoms with E-state index in [0.717, 1.165) is 52.7 Å². The summed E-state index contributed by atoms with van der Waals surface area (Å²) in [4.78, 5) is 20.0. The quantitative estimate of drug-likeness (QED) is 0.503. The normalized spacial score (nSPS) is 11.1. The number of aryl methyl sites for hydroxylation is 1. The maximum atomic E-state index is 10.6. The Morgan fingerprint density at radius 1 is 1.00 bits per heavy atom. The highest BCUT2D eigenvalue weighted by Gasteiger charge is 2.15. The number of unbranched alkanes of at least 4 members (excludes halogenated alkanes) is 1. The molecule has 0 spiro atoms. The van der Waals surface area contributed by atoms with Crippen LogP contribution < -0.4 is 5.32 Å². The molecular formula is C21H20N4O2. The molecule has 27 heavy (non-hydrogen) atoms. The van der Waals surface area contributed by atoms with Gasteiger partial charge in [0.05, 0.1) is 17.2 Å². The maximum absolute atomic E-state index is 10.6. The van der Waals surface area contributed by atoms with Crippen molar-refractivity contribution in [2.45, 2.75) is 19.4 Å². The lowest BCUT2D eigenvalue weighted by Gasteiger charge is -2.11. The van der Waals surface area contributed by atoms with Crippen molar-refractivity contribution < 1.29 is 9.90 Å². The fourth-order valence-electron chi connectivity index (χ4n) is 3.38. The number of pyridine rings is 1. The van der Waals surface area contributed by atoms with E-state index in [-0.39, 0.29) is 0 Å². The molecule has 0 unspecified atom stereocenters. The molecule has 0 fully saturated rings. The zero-order valence-corrected chi connectivity index (χ0v) is 14.8. The number of carboxylic acid groups (broad SMARTS) is 1. The van der Waals surface area contributed by atoms with Gasteiger partial charge in [-0.05, 0) is 18.9 Å². The highest BCUT2D eigenvalue weighted by atomic mass is 16.4. The SMILES string of the molecule is O=C(O)NCCCCn1c(-c2ccccc2)nc2cnc3ccccc3c21. The first kappa shape index (κ1) is 17.0. The minimum absolute atomic E-state index is 0.449. The number of nitrogens with zero attached hydrogens (tertiary/aromatic N) is 3. The Hall–Kier alpha value is -3.41. The molecule has 0 atom stereocenters. The van der Waals surface area contributed by atoms with Crippen LogP contribution in [0.2, 0.25) is 0 Å². The molecule has 0 aliphatic heterocycles. The number of aromatic nitrogens is 3. The molecule has 2 heterocycles. The van der Waals surface area contributed by atoms with Gasteiger partial charge in [0.25, 0.3) is 0 Å². The summed E-state index contributed by atoms with van der Waals surface area (Å²) in [7, 11) is 0. The fourth-order valence-corrected chi connectivity index (χ4v) is 3.38. The number of nitrogens with one attached hydrogen (secondary N) is 1. The number of hydrogen-bond donors (Lipinski definition) is 2. The number of para-hydroxylation sites is 1. The minimum Gasteiger partial charge on any atom is -0.465 e. The van der Waals surface area contributed by atoms with E-state index < -0.39 is 6.09 Å². The van der Waals surface area contributed by atoms with Gasteiger partial charge in [-0.3, -0.25) is 4.98 Å². The first-order valence-corrected chi connectivity index (χ1v) is 9.00. The largest absolute Gasteiger partial charge is 0.465 e. The maximum Gasteiger partial charge on any atom is 0.404 e. The van der Waals surface area contributed by atoms with Crippen molar-refractivity contribution in [3.05, 3.63) is 60.8 Å². The van der Waals surface area contributed by atoms with Gasteiger partial charge >= 0.3 is 6.09 Å². The minimum atomic E-state index is -0.981. The molecule has 0 saturated heterocycles. The van der Waals surface area contributed by atoms with Crippen LogP contribution in [0.4, 0.5) is 4.79 Å². The van der Waals surface area contributed by atoms with Crippen LogP contribution in [0.15, 0.2) is 60.8 Å². The smallest absolute Gasteiger partial charge is 0.404 e. The Kier molecular flexibility index (Phi) is 4.70. The fraction of sp³-hybridized carbons (Fsp3) is 0.190. The van der Waals surface area contributed by atoms with Crippen LogP contribution >= 0.6 is 0 Å². The Morgan fingerprint density at radius 2 is 1.78 bits per heavy atom. The molecule has 0 aliphatic rings. The summed E-state index contributed by atoms with van der Waals surface area (Å²) in [5.41, 5.74) is 3.95. The van der Waals surface area contributed by atoms with Gasteiger partial charge in [0.1, 0.15) is 11.3 Å². The third kappa shape index (κ3) is 3.46. The van der Waals surface area contributed by atoms with Crippen LogP contribution in [0, 0.1) is 0 Å². The van der Waals surface area contributed by atoms with E-state index in [1.54, 1.807) is 0 Å². The van der Waals surface area contributed by atoms with Crippen molar-refractivity contribution >= 4 is 28.0 Å². The molecule has 136 valence electrons. The number of amides is 1. The van der Waals surface area contributed by atoms with Gasteiger partial charge in [-0.25, -0.2) is 9.78 Å². The lowest BCUT2D eigenvalue weighted by Crippen LogP contribution is -2.22. The molecule has 0 aliphatic carbocycles. The van der Waals surface area contributed by atoms with Crippen LogP contribution in [0.3, 0.4) is 0 Å². The third-order valence-corrected chi connectivity index (χ3v) is 4.60. The van der Waals surface area contributed by atoms with Crippen LogP contribution in [0.25, 0.3) is 33.3 Å². The first-order valence-electron chi connectivity index (χ1n) is 9.00. The average Bonchev–Trinajstić information content (AvgIpc) is 3.07. The first-order chi connectivity index (χ1) is 13.2. The highest BCUT2D eigenvalue weighted by Crippen LogP contribution is 2.29. The van der Waals surface area contributed by atoms with E-state index in [0.29, 0.717) is 6.54 Å². The molecule has 4 rings (SSSR count). The van der Waals surface area contributed by atoms with Gasteiger partial charge in [0.15, 0.2) is 0 Å². The van der Waals surface area contributed by atoms with Crippen molar-refractivity contribution in [3.63, 3.8) is 0 Å². The molecule has 2 aromatic heterocycles. The summed E-state index contributed by atoms with van der Waals surface area (Å²) >= 11 is 0. The zero-order valence-electron chi connectivity index (χ0n) is 14.8. The lowest BCUT2D eigenvalue weighted by atomic mass is 10.2. The van der Waals surface area contributed by atoms with E-state index in [1.807, 2.05) is 42.6 Å². The number of carbonyl (C=O) groups is 1. The number of fused-ring (bicyclic) bond motifs is 3. The van der Waals surface area contributed by atoms with Gasteiger partial charge in [0, 0.05) is 24.0 Å². The zero-order chi connectivity index (χ0) is 18.6. The van der Waals surface area contributed by atoms with E-state index in [4.69, 9.17) is 10.1 Å². The van der Waals surface area contributed by atoms with Gasteiger partial charge in [-0.1, -0.05) is 48.5 Å².